The number of ether oxygens (including phenoxy) is 2. The van der Waals surface area contributed by atoms with Gasteiger partial charge in [-0.3, -0.25) is 4.79 Å². The van der Waals surface area contributed by atoms with Crippen LogP contribution in [0.15, 0.2) is 0 Å². The number of aliphatic carboxylic acids is 1. The molecule has 0 aromatic heterocycles. The van der Waals surface area contributed by atoms with E-state index in [2.05, 4.69) is 0 Å². The van der Waals surface area contributed by atoms with Crippen molar-refractivity contribution in [2.75, 3.05) is 13.2 Å². The zero-order valence-electron chi connectivity index (χ0n) is 7.32. The molecule has 70 valence electrons. The second-order valence-corrected chi connectivity index (χ2v) is 3.31. The van der Waals surface area contributed by atoms with Gasteiger partial charge in [0, 0.05) is 5.92 Å². The molecule has 0 radical (unpaired) electrons. The number of carboxylic acid groups (broad SMARTS) is 1. The molecule has 0 aliphatic carbocycles. The van der Waals surface area contributed by atoms with Gasteiger partial charge in [0.1, 0.15) is 5.92 Å². The Morgan fingerprint density at radius 2 is 1.92 bits per heavy atom. The minimum Gasteiger partial charge on any atom is -0.481 e. The van der Waals surface area contributed by atoms with Crippen LogP contribution in [0.4, 0.5) is 0 Å². The van der Waals surface area contributed by atoms with Gasteiger partial charge in [-0.05, 0) is 0 Å². The van der Waals surface area contributed by atoms with Crippen LogP contribution in [0, 0.1) is 11.8 Å². The quantitative estimate of drug-likeness (QED) is 0.670. The van der Waals surface area contributed by atoms with Crippen LogP contribution in [0.3, 0.4) is 0 Å². The van der Waals surface area contributed by atoms with E-state index in [-0.39, 0.29) is 25.4 Å². The summed E-state index contributed by atoms with van der Waals surface area (Å²) in [5.41, 5.74) is 0. The lowest BCUT2D eigenvalue weighted by Crippen LogP contribution is -2.38. The van der Waals surface area contributed by atoms with Gasteiger partial charge in [0.25, 0.3) is 0 Å². The van der Waals surface area contributed by atoms with Gasteiger partial charge in [0.15, 0.2) is 6.29 Å². The highest BCUT2D eigenvalue weighted by Gasteiger charge is 2.28. The highest BCUT2D eigenvalue weighted by atomic mass is 16.7. The van der Waals surface area contributed by atoms with E-state index in [1.165, 1.54) is 0 Å². The minimum atomic E-state index is -0.850. The molecule has 0 aromatic rings. The van der Waals surface area contributed by atoms with Crippen molar-refractivity contribution in [3.8, 4) is 0 Å². The van der Waals surface area contributed by atoms with Crippen molar-refractivity contribution in [3.05, 3.63) is 0 Å². The summed E-state index contributed by atoms with van der Waals surface area (Å²) in [5, 5.41) is 8.60. The average molecular weight is 174 g/mol. The predicted molar refractivity (Wildman–Crippen MR) is 41.7 cm³/mol. The Morgan fingerprint density at radius 3 is 2.25 bits per heavy atom. The van der Waals surface area contributed by atoms with Crippen LogP contribution in [-0.2, 0) is 14.3 Å². The van der Waals surface area contributed by atoms with E-state index in [0.29, 0.717) is 0 Å². The largest absolute Gasteiger partial charge is 0.481 e. The van der Waals surface area contributed by atoms with Crippen molar-refractivity contribution in [2.45, 2.75) is 20.1 Å². The fourth-order valence-electron chi connectivity index (χ4n) is 1.05. The summed E-state index contributed by atoms with van der Waals surface area (Å²) in [6.45, 7) is 4.48. The molecule has 1 aliphatic heterocycles. The first kappa shape index (κ1) is 9.48. The van der Waals surface area contributed by atoms with Crippen LogP contribution in [0.25, 0.3) is 0 Å². The molecule has 0 spiro atoms. The van der Waals surface area contributed by atoms with Crippen molar-refractivity contribution in [2.24, 2.45) is 11.8 Å². The van der Waals surface area contributed by atoms with Crippen molar-refractivity contribution in [3.63, 3.8) is 0 Å². The fraction of sp³-hybridized carbons (Fsp3) is 0.875. The molecule has 0 saturated carbocycles. The molecule has 0 bridgehead atoms. The molecule has 1 saturated heterocycles. The summed E-state index contributed by atoms with van der Waals surface area (Å²) in [6, 6.07) is 0. The van der Waals surface area contributed by atoms with E-state index in [1.807, 2.05) is 13.8 Å². The lowest BCUT2D eigenvalue weighted by atomic mass is 10.1. The fourth-order valence-corrected chi connectivity index (χ4v) is 1.05. The number of hydrogen-bond donors (Lipinski definition) is 1. The van der Waals surface area contributed by atoms with Crippen LogP contribution in [0.5, 0.6) is 0 Å². The number of rotatable bonds is 2. The van der Waals surface area contributed by atoms with Gasteiger partial charge in [0.05, 0.1) is 13.2 Å². The zero-order chi connectivity index (χ0) is 9.14. The highest BCUT2D eigenvalue weighted by Crippen LogP contribution is 2.16. The first-order valence-electron chi connectivity index (χ1n) is 4.07. The lowest BCUT2D eigenvalue weighted by Gasteiger charge is -2.29. The monoisotopic (exact) mass is 174 g/mol. The maximum absolute atomic E-state index is 10.5. The van der Waals surface area contributed by atoms with E-state index in [0.717, 1.165) is 0 Å². The standard InChI is InChI=1S/C8H14O4/c1-5(2)8-11-3-6(4-12-8)7(9)10/h5-6,8H,3-4H2,1-2H3,(H,9,10). The van der Waals surface area contributed by atoms with Gasteiger partial charge in [-0.25, -0.2) is 0 Å². The second-order valence-electron chi connectivity index (χ2n) is 3.31. The maximum Gasteiger partial charge on any atom is 0.311 e. The SMILES string of the molecule is CC(C)C1OCC(C(=O)O)CO1. The van der Waals surface area contributed by atoms with Gasteiger partial charge in [-0.2, -0.15) is 0 Å². The number of carboxylic acids is 1. The molecule has 4 heteroatoms. The molecule has 1 fully saturated rings. The second kappa shape index (κ2) is 3.87. The van der Waals surface area contributed by atoms with Crippen LogP contribution in [0.2, 0.25) is 0 Å². The van der Waals surface area contributed by atoms with E-state index < -0.39 is 11.9 Å². The molecular formula is C8H14O4. The molecule has 12 heavy (non-hydrogen) atoms. The molecular weight excluding hydrogens is 160 g/mol. The van der Waals surface area contributed by atoms with Gasteiger partial charge < -0.3 is 14.6 Å². The van der Waals surface area contributed by atoms with Crippen LogP contribution in [-0.4, -0.2) is 30.6 Å². The summed E-state index contributed by atoms with van der Waals surface area (Å²) in [4.78, 5) is 10.5. The summed E-state index contributed by atoms with van der Waals surface area (Å²) in [6.07, 6.45) is -0.236. The van der Waals surface area contributed by atoms with Gasteiger partial charge in [0.2, 0.25) is 0 Å². The van der Waals surface area contributed by atoms with Crippen molar-refractivity contribution >= 4 is 5.97 Å². The summed E-state index contributed by atoms with van der Waals surface area (Å²) >= 11 is 0. The molecule has 0 aromatic carbocycles. The lowest BCUT2D eigenvalue weighted by molar-refractivity contribution is -0.222. The molecule has 0 amide bonds. The average Bonchev–Trinajstić information content (AvgIpc) is 2.04. The minimum absolute atomic E-state index is 0.236. The Balaban J connectivity index is 2.34. The Morgan fingerprint density at radius 1 is 1.42 bits per heavy atom. The maximum atomic E-state index is 10.5. The number of carbonyl (C=O) groups is 1. The Labute approximate surface area is 71.5 Å². The Bertz CT molecular complexity index is 158. The third-order valence-corrected chi connectivity index (χ3v) is 1.82. The third kappa shape index (κ3) is 2.19. The number of hydrogen-bond acceptors (Lipinski definition) is 3. The highest BCUT2D eigenvalue weighted by molar-refractivity contribution is 5.70. The van der Waals surface area contributed by atoms with Gasteiger partial charge >= 0.3 is 5.97 Å². The van der Waals surface area contributed by atoms with Gasteiger partial charge in [-0.1, -0.05) is 13.8 Å². The van der Waals surface area contributed by atoms with Crippen LogP contribution >= 0.6 is 0 Å². The molecule has 1 heterocycles. The molecule has 1 rings (SSSR count). The van der Waals surface area contributed by atoms with Crippen molar-refractivity contribution < 1.29 is 19.4 Å². The summed E-state index contributed by atoms with van der Waals surface area (Å²) < 4.78 is 10.4. The smallest absolute Gasteiger partial charge is 0.311 e. The zero-order valence-corrected chi connectivity index (χ0v) is 7.32. The Kier molecular flexibility index (Phi) is 3.05. The molecule has 0 unspecified atom stereocenters. The normalized spacial score (nSPS) is 30.6. The molecule has 0 atom stereocenters. The summed E-state index contributed by atoms with van der Waals surface area (Å²) in [5.74, 6) is -1.07. The van der Waals surface area contributed by atoms with E-state index in [9.17, 15) is 4.79 Å². The molecule has 1 N–H and O–H groups in total. The van der Waals surface area contributed by atoms with Crippen molar-refractivity contribution in [1.82, 2.24) is 0 Å². The Hall–Kier alpha value is -0.610. The first-order valence-corrected chi connectivity index (χ1v) is 4.07. The van der Waals surface area contributed by atoms with E-state index >= 15 is 0 Å². The third-order valence-electron chi connectivity index (χ3n) is 1.82. The topological polar surface area (TPSA) is 55.8 Å². The van der Waals surface area contributed by atoms with Crippen LogP contribution in [0.1, 0.15) is 13.8 Å². The van der Waals surface area contributed by atoms with Crippen LogP contribution < -0.4 is 0 Å². The van der Waals surface area contributed by atoms with Crippen molar-refractivity contribution in [1.29, 1.82) is 0 Å². The summed E-state index contributed by atoms with van der Waals surface area (Å²) in [7, 11) is 0. The molecule has 4 nitrogen and oxygen atoms in total. The van der Waals surface area contributed by atoms with Gasteiger partial charge in [-0.15, -0.1) is 0 Å². The van der Waals surface area contributed by atoms with E-state index in [1.54, 1.807) is 0 Å². The predicted octanol–water partition coefficient (Wildman–Crippen LogP) is 0.716. The molecule has 1 aliphatic rings. The van der Waals surface area contributed by atoms with E-state index in [4.69, 9.17) is 14.6 Å². The first-order chi connectivity index (χ1) is 5.61.